The van der Waals surface area contributed by atoms with Crippen molar-refractivity contribution in [2.75, 3.05) is 0 Å². The van der Waals surface area contributed by atoms with E-state index in [0.29, 0.717) is 0 Å². The topological polar surface area (TPSA) is 87.2 Å². The van der Waals surface area contributed by atoms with Crippen LogP contribution in [-0.2, 0) is 0 Å². The molecule has 4 aromatic heterocycles. The van der Waals surface area contributed by atoms with E-state index in [1.165, 1.54) is 0 Å². The lowest BCUT2D eigenvalue weighted by Crippen LogP contribution is -2.03. The van der Waals surface area contributed by atoms with E-state index in [9.17, 15) is 0 Å². The molecule has 0 amide bonds. The van der Waals surface area contributed by atoms with Gasteiger partial charge in [0.25, 0.3) is 0 Å². The monoisotopic (exact) mass is 346 g/mol. The highest BCUT2D eigenvalue weighted by Crippen LogP contribution is 2.25. The first-order valence-corrected chi connectivity index (χ1v) is 8.33. The SMILES string of the molecule is Cc1cnccc1-n1nc(C(C)C)nc1-c1ccnc(-n2cnnc2)c1. The second-order valence-electron chi connectivity index (χ2n) is 6.29. The second-order valence-corrected chi connectivity index (χ2v) is 6.29. The van der Waals surface area contributed by atoms with E-state index in [-0.39, 0.29) is 5.92 Å². The lowest BCUT2D eigenvalue weighted by atomic mass is 10.2. The Morgan fingerprint density at radius 1 is 1.04 bits per heavy atom. The molecule has 0 N–H and O–H groups in total. The summed E-state index contributed by atoms with van der Waals surface area (Å²) in [6.07, 6.45) is 8.56. The van der Waals surface area contributed by atoms with Crippen molar-refractivity contribution in [3.8, 4) is 22.9 Å². The van der Waals surface area contributed by atoms with Gasteiger partial charge in [-0.05, 0) is 30.7 Å². The van der Waals surface area contributed by atoms with E-state index in [4.69, 9.17) is 10.1 Å². The molecule has 0 aliphatic rings. The highest BCUT2D eigenvalue weighted by atomic mass is 15.4. The lowest BCUT2D eigenvalue weighted by Gasteiger charge is -2.09. The molecule has 8 heteroatoms. The first kappa shape index (κ1) is 16.1. The zero-order valence-electron chi connectivity index (χ0n) is 14.8. The molecular formula is C18H18N8. The summed E-state index contributed by atoms with van der Waals surface area (Å²) in [5.41, 5.74) is 2.90. The van der Waals surface area contributed by atoms with E-state index < -0.39 is 0 Å². The van der Waals surface area contributed by atoms with Crippen LogP contribution in [0.15, 0.2) is 49.4 Å². The Balaban J connectivity index is 1.89. The smallest absolute Gasteiger partial charge is 0.163 e. The van der Waals surface area contributed by atoms with Crippen LogP contribution in [0.3, 0.4) is 0 Å². The molecule has 0 saturated heterocycles. The molecule has 8 nitrogen and oxygen atoms in total. The van der Waals surface area contributed by atoms with E-state index in [0.717, 1.165) is 34.3 Å². The van der Waals surface area contributed by atoms with Crippen LogP contribution in [0, 0.1) is 6.92 Å². The number of aryl methyl sites for hydroxylation is 1. The van der Waals surface area contributed by atoms with Crippen LogP contribution in [0.25, 0.3) is 22.9 Å². The van der Waals surface area contributed by atoms with Crippen molar-refractivity contribution in [3.05, 3.63) is 60.8 Å². The number of hydrogen-bond donors (Lipinski definition) is 0. The number of hydrogen-bond acceptors (Lipinski definition) is 6. The van der Waals surface area contributed by atoms with Gasteiger partial charge in [0.15, 0.2) is 11.6 Å². The summed E-state index contributed by atoms with van der Waals surface area (Å²) >= 11 is 0. The molecule has 0 spiro atoms. The van der Waals surface area contributed by atoms with Crippen LogP contribution < -0.4 is 0 Å². The Morgan fingerprint density at radius 2 is 1.85 bits per heavy atom. The molecule has 0 bridgehead atoms. The van der Waals surface area contributed by atoms with Crippen LogP contribution in [0.4, 0.5) is 0 Å². The average Bonchev–Trinajstić information content (AvgIpc) is 3.32. The van der Waals surface area contributed by atoms with Crippen LogP contribution >= 0.6 is 0 Å². The fourth-order valence-electron chi connectivity index (χ4n) is 2.65. The maximum Gasteiger partial charge on any atom is 0.163 e. The maximum atomic E-state index is 4.78. The summed E-state index contributed by atoms with van der Waals surface area (Å²) in [5.74, 6) is 2.49. The predicted molar refractivity (Wildman–Crippen MR) is 96.1 cm³/mol. The molecule has 0 aromatic carbocycles. The standard InChI is InChI=1S/C18H18N8/c1-12(2)17-23-18(26(24-17)15-5-6-19-9-13(15)3)14-4-7-20-16(8-14)25-10-21-22-11-25/h4-12H,1-3H3. The first-order chi connectivity index (χ1) is 12.6. The Bertz CT molecular complexity index is 1030. The van der Waals surface area contributed by atoms with Crippen LogP contribution in [0.5, 0.6) is 0 Å². The van der Waals surface area contributed by atoms with Gasteiger partial charge < -0.3 is 0 Å². The van der Waals surface area contributed by atoms with Crippen LogP contribution in [0.1, 0.15) is 31.2 Å². The zero-order valence-corrected chi connectivity index (χ0v) is 14.8. The predicted octanol–water partition coefficient (Wildman–Crippen LogP) is 2.74. The fraction of sp³-hybridized carbons (Fsp3) is 0.222. The highest BCUT2D eigenvalue weighted by molar-refractivity contribution is 5.60. The lowest BCUT2D eigenvalue weighted by molar-refractivity contribution is 0.752. The molecule has 4 heterocycles. The molecule has 4 rings (SSSR count). The minimum absolute atomic E-state index is 0.219. The third-order valence-electron chi connectivity index (χ3n) is 4.05. The molecule has 0 fully saturated rings. The number of nitrogens with zero attached hydrogens (tertiary/aromatic N) is 8. The van der Waals surface area contributed by atoms with Gasteiger partial charge in [0, 0.05) is 30.1 Å². The van der Waals surface area contributed by atoms with E-state index in [2.05, 4.69) is 34.0 Å². The third-order valence-corrected chi connectivity index (χ3v) is 4.05. The minimum Gasteiger partial charge on any atom is -0.272 e. The molecule has 0 unspecified atom stereocenters. The van der Waals surface area contributed by atoms with E-state index in [1.54, 1.807) is 29.6 Å². The van der Waals surface area contributed by atoms with Gasteiger partial charge in [-0.25, -0.2) is 14.6 Å². The van der Waals surface area contributed by atoms with Gasteiger partial charge in [0.2, 0.25) is 0 Å². The molecule has 0 aliphatic carbocycles. The van der Waals surface area contributed by atoms with Gasteiger partial charge >= 0.3 is 0 Å². The highest BCUT2D eigenvalue weighted by Gasteiger charge is 2.17. The average molecular weight is 346 g/mol. The summed E-state index contributed by atoms with van der Waals surface area (Å²) in [5, 5.41) is 12.4. The van der Waals surface area contributed by atoms with Gasteiger partial charge in [-0.1, -0.05) is 13.8 Å². The van der Waals surface area contributed by atoms with Crippen molar-refractivity contribution in [1.82, 2.24) is 39.5 Å². The Kier molecular flexibility index (Phi) is 4.00. The van der Waals surface area contributed by atoms with Crippen molar-refractivity contribution >= 4 is 0 Å². The number of pyridine rings is 2. The molecule has 0 atom stereocenters. The summed E-state index contributed by atoms with van der Waals surface area (Å²) in [6, 6.07) is 5.82. The van der Waals surface area contributed by atoms with Crippen molar-refractivity contribution in [2.24, 2.45) is 0 Å². The second kappa shape index (κ2) is 6.47. The number of rotatable bonds is 4. The van der Waals surface area contributed by atoms with Gasteiger partial charge in [-0.3, -0.25) is 9.55 Å². The fourth-order valence-corrected chi connectivity index (χ4v) is 2.65. The molecule has 0 aliphatic heterocycles. The largest absolute Gasteiger partial charge is 0.272 e. The Morgan fingerprint density at radius 3 is 2.58 bits per heavy atom. The normalized spacial score (nSPS) is 11.2. The van der Waals surface area contributed by atoms with Gasteiger partial charge in [-0.2, -0.15) is 5.10 Å². The summed E-state index contributed by atoms with van der Waals surface area (Å²) < 4.78 is 3.63. The van der Waals surface area contributed by atoms with Gasteiger partial charge in [0.05, 0.1) is 5.69 Å². The summed E-state index contributed by atoms with van der Waals surface area (Å²) in [7, 11) is 0. The van der Waals surface area contributed by atoms with Gasteiger partial charge in [0.1, 0.15) is 18.5 Å². The molecule has 0 radical (unpaired) electrons. The van der Waals surface area contributed by atoms with Crippen molar-refractivity contribution < 1.29 is 0 Å². The Hall–Kier alpha value is -3.42. The number of aromatic nitrogens is 8. The van der Waals surface area contributed by atoms with E-state index in [1.807, 2.05) is 36.0 Å². The molecule has 4 aromatic rings. The molecule has 130 valence electrons. The van der Waals surface area contributed by atoms with Crippen LogP contribution in [-0.4, -0.2) is 39.5 Å². The third kappa shape index (κ3) is 2.85. The van der Waals surface area contributed by atoms with Crippen LogP contribution in [0.2, 0.25) is 0 Å². The van der Waals surface area contributed by atoms with Crippen molar-refractivity contribution in [1.29, 1.82) is 0 Å². The molecular weight excluding hydrogens is 328 g/mol. The molecule has 26 heavy (non-hydrogen) atoms. The zero-order chi connectivity index (χ0) is 18.1. The summed E-state index contributed by atoms with van der Waals surface area (Å²) in [4.78, 5) is 13.3. The van der Waals surface area contributed by atoms with E-state index >= 15 is 0 Å². The maximum absolute atomic E-state index is 4.78. The first-order valence-electron chi connectivity index (χ1n) is 8.33. The van der Waals surface area contributed by atoms with Crippen molar-refractivity contribution in [3.63, 3.8) is 0 Å². The minimum atomic E-state index is 0.219. The molecule has 0 saturated carbocycles. The summed E-state index contributed by atoms with van der Waals surface area (Å²) in [6.45, 7) is 6.17. The quantitative estimate of drug-likeness (QED) is 0.565. The van der Waals surface area contributed by atoms with Gasteiger partial charge in [-0.15, -0.1) is 10.2 Å². The Labute approximate surface area is 150 Å². The van der Waals surface area contributed by atoms with Crippen molar-refractivity contribution in [2.45, 2.75) is 26.7 Å².